The lowest BCUT2D eigenvalue weighted by Gasteiger charge is -2.30. The second-order valence-electron chi connectivity index (χ2n) is 5.73. The van der Waals surface area contributed by atoms with Gasteiger partial charge < -0.3 is 19.5 Å². The Morgan fingerprint density at radius 1 is 0.821 bits per heavy atom. The van der Waals surface area contributed by atoms with Crippen LogP contribution < -0.4 is 10.1 Å². The largest absolute Gasteiger partial charge is 0.463 e. The van der Waals surface area contributed by atoms with Crippen LogP contribution in [0.25, 0.3) is 0 Å². The Kier molecular flexibility index (Phi) is 7.56. The van der Waals surface area contributed by atoms with E-state index >= 15 is 0 Å². The standard InChI is InChI=1S/C21H23NO6/c1-3-26-19(24)21(20(25)27-4-2,28-17-13-9-6-10-14-17)15-22-18(23)16-11-7-5-8-12-16/h5-14H,3-4,15H2,1-2H3,(H,22,23). The van der Waals surface area contributed by atoms with Gasteiger partial charge in [-0.25, -0.2) is 9.59 Å². The highest BCUT2D eigenvalue weighted by Crippen LogP contribution is 2.22. The third-order valence-electron chi connectivity index (χ3n) is 3.78. The first-order chi connectivity index (χ1) is 13.5. The molecule has 0 aliphatic carbocycles. The molecule has 0 atom stereocenters. The van der Waals surface area contributed by atoms with E-state index in [1.165, 1.54) is 0 Å². The number of rotatable bonds is 9. The van der Waals surface area contributed by atoms with Crippen molar-refractivity contribution in [1.82, 2.24) is 5.32 Å². The maximum absolute atomic E-state index is 12.7. The van der Waals surface area contributed by atoms with Crippen molar-refractivity contribution in [3.63, 3.8) is 0 Å². The number of carbonyl (C=O) groups is 3. The zero-order valence-corrected chi connectivity index (χ0v) is 15.8. The fourth-order valence-electron chi connectivity index (χ4n) is 2.43. The lowest BCUT2D eigenvalue weighted by Crippen LogP contribution is -2.60. The molecule has 1 amide bonds. The number of hydrogen-bond acceptors (Lipinski definition) is 6. The summed E-state index contributed by atoms with van der Waals surface area (Å²) >= 11 is 0. The van der Waals surface area contributed by atoms with Crippen LogP contribution in [0.15, 0.2) is 60.7 Å². The van der Waals surface area contributed by atoms with E-state index in [9.17, 15) is 14.4 Å². The van der Waals surface area contributed by atoms with Crippen LogP contribution in [0, 0.1) is 0 Å². The zero-order valence-electron chi connectivity index (χ0n) is 15.8. The number of nitrogens with one attached hydrogen (secondary N) is 1. The fraction of sp³-hybridized carbons (Fsp3) is 0.286. The zero-order chi connectivity index (χ0) is 20.4. The first-order valence-electron chi connectivity index (χ1n) is 8.95. The molecule has 7 heteroatoms. The molecule has 0 unspecified atom stereocenters. The molecule has 148 valence electrons. The minimum atomic E-state index is -2.17. The van der Waals surface area contributed by atoms with E-state index in [1.54, 1.807) is 74.5 Å². The van der Waals surface area contributed by atoms with Gasteiger partial charge in [0.25, 0.3) is 5.91 Å². The van der Waals surface area contributed by atoms with Gasteiger partial charge >= 0.3 is 17.5 Å². The summed E-state index contributed by atoms with van der Waals surface area (Å²) in [6.45, 7) is 2.83. The number of esters is 2. The van der Waals surface area contributed by atoms with E-state index in [4.69, 9.17) is 14.2 Å². The molecule has 0 bridgehead atoms. The Labute approximate surface area is 163 Å². The average Bonchev–Trinajstić information content (AvgIpc) is 2.72. The summed E-state index contributed by atoms with van der Waals surface area (Å²) in [7, 11) is 0. The van der Waals surface area contributed by atoms with Gasteiger partial charge in [-0.1, -0.05) is 36.4 Å². The summed E-state index contributed by atoms with van der Waals surface area (Å²) in [5, 5.41) is 2.57. The number of benzene rings is 2. The van der Waals surface area contributed by atoms with Gasteiger partial charge in [0.15, 0.2) is 0 Å². The Bertz CT molecular complexity index is 773. The van der Waals surface area contributed by atoms with Gasteiger partial charge in [0, 0.05) is 5.56 Å². The molecule has 0 saturated carbocycles. The average molecular weight is 385 g/mol. The van der Waals surface area contributed by atoms with Gasteiger partial charge in [-0.2, -0.15) is 0 Å². The van der Waals surface area contributed by atoms with E-state index in [0.717, 1.165) is 0 Å². The van der Waals surface area contributed by atoms with E-state index < -0.39 is 30.0 Å². The van der Waals surface area contributed by atoms with Crippen molar-refractivity contribution in [3.8, 4) is 5.75 Å². The molecular formula is C21H23NO6. The van der Waals surface area contributed by atoms with Crippen molar-refractivity contribution in [1.29, 1.82) is 0 Å². The Balaban J connectivity index is 2.34. The molecule has 0 heterocycles. The minimum absolute atomic E-state index is 0.0325. The van der Waals surface area contributed by atoms with Crippen molar-refractivity contribution < 1.29 is 28.6 Å². The second-order valence-corrected chi connectivity index (χ2v) is 5.73. The van der Waals surface area contributed by atoms with Gasteiger partial charge in [-0.05, 0) is 38.1 Å². The van der Waals surface area contributed by atoms with Crippen LogP contribution in [0.5, 0.6) is 5.75 Å². The topological polar surface area (TPSA) is 90.9 Å². The summed E-state index contributed by atoms with van der Waals surface area (Å²) in [5.41, 5.74) is -1.79. The third kappa shape index (κ3) is 5.09. The maximum Gasteiger partial charge on any atom is 0.364 e. The molecule has 0 saturated heterocycles. The van der Waals surface area contributed by atoms with Crippen molar-refractivity contribution in [3.05, 3.63) is 66.2 Å². The highest BCUT2D eigenvalue weighted by molar-refractivity contribution is 6.05. The smallest absolute Gasteiger partial charge is 0.364 e. The molecular weight excluding hydrogens is 362 g/mol. The molecule has 2 rings (SSSR count). The summed E-state index contributed by atoms with van der Waals surface area (Å²) < 4.78 is 15.9. The van der Waals surface area contributed by atoms with Crippen molar-refractivity contribution >= 4 is 17.8 Å². The number of ether oxygens (including phenoxy) is 3. The first-order valence-corrected chi connectivity index (χ1v) is 8.95. The molecule has 0 spiro atoms. The number of amides is 1. The number of para-hydroxylation sites is 1. The van der Waals surface area contributed by atoms with Crippen molar-refractivity contribution in [2.24, 2.45) is 0 Å². The van der Waals surface area contributed by atoms with Crippen molar-refractivity contribution in [2.75, 3.05) is 19.8 Å². The van der Waals surface area contributed by atoms with Crippen LogP contribution in [-0.4, -0.2) is 43.2 Å². The normalized spacial score (nSPS) is 10.6. The lowest BCUT2D eigenvalue weighted by molar-refractivity contribution is -0.179. The quantitative estimate of drug-likeness (QED) is 0.526. The summed E-state index contributed by atoms with van der Waals surface area (Å²) in [5.74, 6) is -2.08. The van der Waals surface area contributed by atoms with Crippen LogP contribution in [-0.2, 0) is 19.1 Å². The van der Waals surface area contributed by atoms with Crippen LogP contribution in [0.2, 0.25) is 0 Å². The number of carbonyl (C=O) groups excluding carboxylic acids is 3. The molecule has 2 aromatic rings. The molecule has 7 nitrogen and oxygen atoms in total. The van der Waals surface area contributed by atoms with Crippen LogP contribution >= 0.6 is 0 Å². The van der Waals surface area contributed by atoms with E-state index in [2.05, 4.69) is 5.32 Å². The Hall–Kier alpha value is -3.35. The molecule has 1 N–H and O–H groups in total. The van der Waals surface area contributed by atoms with E-state index in [1.807, 2.05) is 0 Å². The molecule has 0 aliphatic rings. The molecule has 2 aromatic carbocycles. The van der Waals surface area contributed by atoms with Crippen LogP contribution in [0.3, 0.4) is 0 Å². The first kappa shape index (κ1) is 21.0. The highest BCUT2D eigenvalue weighted by atomic mass is 16.6. The monoisotopic (exact) mass is 385 g/mol. The fourth-order valence-corrected chi connectivity index (χ4v) is 2.43. The predicted molar refractivity (Wildman–Crippen MR) is 102 cm³/mol. The van der Waals surface area contributed by atoms with E-state index in [-0.39, 0.29) is 19.0 Å². The molecule has 28 heavy (non-hydrogen) atoms. The minimum Gasteiger partial charge on any atom is -0.463 e. The Morgan fingerprint density at radius 3 is 1.82 bits per heavy atom. The van der Waals surface area contributed by atoms with Crippen LogP contribution in [0.4, 0.5) is 0 Å². The highest BCUT2D eigenvalue weighted by Gasteiger charge is 2.52. The van der Waals surface area contributed by atoms with Crippen molar-refractivity contribution in [2.45, 2.75) is 19.4 Å². The summed E-state index contributed by atoms with van der Waals surface area (Å²) in [6, 6.07) is 16.7. The molecule has 0 fully saturated rings. The van der Waals surface area contributed by atoms with Gasteiger partial charge in [-0.3, -0.25) is 4.79 Å². The van der Waals surface area contributed by atoms with Gasteiger partial charge in [-0.15, -0.1) is 0 Å². The van der Waals surface area contributed by atoms with Gasteiger partial charge in [0.05, 0.1) is 19.8 Å². The second kappa shape index (κ2) is 10.1. The maximum atomic E-state index is 12.7. The predicted octanol–water partition coefficient (Wildman–Crippen LogP) is 2.36. The number of hydrogen-bond donors (Lipinski definition) is 1. The molecule has 0 radical (unpaired) electrons. The molecule has 0 aliphatic heterocycles. The van der Waals surface area contributed by atoms with Gasteiger partial charge in [0.2, 0.25) is 0 Å². The third-order valence-corrected chi connectivity index (χ3v) is 3.78. The van der Waals surface area contributed by atoms with E-state index in [0.29, 0.717) is 5.56 Å². The lowest BCUT2D eigenvalue weighted by atomic mass is 10.0. The molecule has 0 aromatic heterocycles. The Morgan fingerprint density at radius 2 is 1.32 bits per heavy atom. The summed E-state index contributed by atoms with van der Waals surface area (Å²) in [4.78, 5) is 37.9. The van der Waals surface area contributed by atoms with Gasteiger partial charge in [0.1, 0.15) is 5.75 Å². The van der Waals surface area contributed by atoms with Crippen LogP contribution in [0.1, 0.15) is 24.2 Å². The SMILES string of the molecule is CCOC(=O)C(CNC(=O)c1ccccc1)(Oc1ccccc1)C(=O)OCC. The summed E-state index contributed by atoms with van der Waals surface area (Å²) in [6.07, 6.45) is 0.